The van der Waals surface area contributed by atoms with Gasteiger partial charge >= 0.3 is 0 Å². The van der Waals surface area contributed by atoms with Gasteiger partial charge in [0.15, 0.2) is 5.60 Å². The van der Waals surface area contributed by atoms with E-state index in [1.54, 1.807) is 12.5 Å². The maximum atomic E-state index is 12.7. The van der Waals surface area contributed by atoms with E-state index >= 15 is 0 Å². The number of nitrogens with zero attached hydrogens (tertiary/aromatic N) is 3. The zero-order chi connectivity index (χ0) is 30.2. The molecule has 5 rings (SSSR count). The minimum atomic E-state index is -1.49. The van der Waals surface area contributed by atoms with Crippen LogP contribution < -0.4 is 10.6 Å². The number of hydrogen-bond acceptors (Lipinski definition) is 6. The van der Waals surface area contributed by atoms with Crippen LogP contribution in [0.5, 0.6) is 0 Å². The number of imidazole rings is 1. The van der Waals surface area contributed by atoms with Crippen LogP contribution in [0.3, 0.4) is 0 Å². The molecule has 1 aliphatic rings. The molecule has 1 aromatic heterocycles. The first kappa shape index (κ1) is 30.4. The second-order valence-electron chi connectivity index (χ2n) is 11.0. The number of carbonyl (C=O) groups is 1. The molecule has 1 saturated heterocycles. The third-order valence-electron chi connectivity index (χ3n) is 8.16. The number of ether oxygens (including phenoxy) is 1. The Hall–Kier alpha value is -4.08. The molecular formula is C35H41N5O3. The quantitative estimate of drug-likeness (QED) is 0.170. The van der Waals surface area contributed by atoms with Crippen molar-refractivity contribution < 1.29 is 14.6 Å². The summed E-state index contributed by atoms with van der Waals surface area (Å²) in [5.74, 6) is 0. The summed E-state index contributed by atoms with van der Waals surface area (Å²) >= 11 is 0. The second-order valence-corrected chi connectivity index (χ2v) is 11.0. The summed E-state index contributed by atoms with van der Waals surface area (Å²) in [6.45, 7) is 10.3. The average molecular weight is 580 g/mol. The van der Waals surface area contributed by atoms with Gasteiger partial charge in [-0.25, -0.2) is 4.98 Å². The molecule has 1 amide bonds. The van der Waals surface area contributed by atoms with E-state index in [9.17, 15) is 9.90 Å². The summed E-state index contributed by atoms with van der Waals surface area (Å²) in [6, 6.07) is 22.0. The maximum absolute atomic E-state index is 12.7. The van der Waals surface area contributed by atoms with Crippen molar-refractivity contribution in [3.05, 3.63) is 124 Å². The Balaban J connectivity index is 1.47. The summed E-state index contributed by atoms with van der Waals surface area (Å²) in [5.41, 5.74) is 6.30. The molecule has 43 heavy (non-hydrogen) atoms. The summed E-state index contributed by atoms with van der Waals surface area (Å²) < 4.78 is 7.28. The van der Waals surface area contributed by atoms with Crippen LogP contribution in [-0.2, 0) is 28.7 Å². The third kappa shape index (κ3) is 6.78. The number of hydrogen-bond donors (Lipinski definition) is 3. The van der Waals surface area contributed by atoms with Crippen LogP contribution in [0.4, 0.5) is 5.69 Å². The molecule has 224 valence electrons. The zero-order valence-corrected chi connectivity index (χ0v) is 25.2. The molecule has 0 saturated carbocycles. The molecule has 2 heterocycles. The number of carbonyl (C=O) groups excluding carboxylic acids is 1. The summed E-state index contributed by atoms with van der Waals surface area (Å²) in [5, 5.41) is 19.1. The van der Waals surface area contributed by atoms with Crippen LogP contribution in [0.25, 0.3) is 5.57 Å². The molecule has 1 atom stereocenters. The maximum Gasteiger partial charge on any atom is 0.211 e. The van der Waals surface area contributed by atoms with Gasteiger partial charge in [0, 0.05) is 51.0 Å². The van der Waals surface area contributed by atoms with Gasteiger partial charge in [-0.05, 0) is 53.8 Å². The lowest BCUT2D eigenvalue weighted by Gasteiger charge is -2.31. The van der Waals surface area contributed by atoms with Gasteiger partial charge in [-0.1, -0.05) is 66.2 Å². The topological polar surface area (TPSA) is 91.7 Å². The first-order valence-corrected chi connectivity index (χ1v) is 14.8. The molecule has 1 aliphatic heterocycles. The Labute approximate surface area is 254 Å². The van der Waals surface area contributed by atoms with Crippen molar-refractivity contribution in [1.29, 1.82) is 0 Å². The number of anilines is 1. The van der Waals surface area contributed by atoms with E-state index in [0.29, 0.717) is 23.4 Å². The monoisotopic (exact) mass is 579 g/mol. The lowest BCUT2D eigenvalue weighted by molar-refractivity contribution is -0.105. The SMILES string of the molecule is C/C=C(/c1cccc(C)c1)c1cc(C(O)(c2ccc(CNCCN3CCOCC3)cc2)c2cncn2C)ccc1NC=O. The lowest BCUT2D eigenvalue weighted by Crippen LogP contribution is -2.40. The first-order valence-electron chi connectivity index (χ1n) is 14.8. The second kappa shape index (κ2) is 13.9. The van der Waals surface area contributed by atoms with Gasteiger partial charge in [0.25, 0.3) is 0 Å². The molecule has 8 heteroatoms. The molecule has 0 radical (unpaired) electrons. The van der Waals surface area contributed by atoms with Crippen molar-refractivity contribution >= 4 is 17.7 Å². The number of aryl methyl sites for hydroxylation is 2. The largest absolute Gasteiger partial charge is 0.379 e. The van der Waals surface area contributed by atoms with Crippen molar-refractivity contribution in [3.63, 3.8) is 0 Å². The van der Waals surface area contributed by atoms with Gasteiger partial charge < -0.3 is 25.0 Å². The minimum absolute atomic E-state index is 0.642. The lowest BCUT2D eigenvalue weighted by atomic mass is 9.81. The van der Waals surface area contributed by atoms with E-state index in [0.717, 1.165) is 79.3 Å². The van der Waals surface area contributed by atoms with E-state index < -0.39 is 5.60 Å². The van der Waals surface area contributed by atoms with Crippen LogP contribution >= 0.6 is 0 Å². The standard InChI is InChI=1S/C35H41N5O3/c1-4-31(28-7-5-6-26(2)20-28)32-21-30(12-13-33(32)38-25-41)35(42,34-23-37-24-39(34)3)29-10-8-27(9-11-29)22-36-14-15-40-16-18-43-19-17-40/h4-13,20-21,23-25,36,42H,14-19,22H2,1-3H3,(H,38,41)/b31-4-. The van der Waals surface area contributed by atoms with Gasteiger partial charge in [-0.15, -0.1) is 0 Å². The highest BCUT2D eigenvalue weighted by atomic mass is 16.5. The fourth-order valence-corrected chi connectivity index (χ4v) is 5.80. The Morgan fingerprint density at radius 2 is 1.84 bits per heavy atom. The van der Waals surface area contributed by atoms with Gasteiger partial charge in [0.2, 0.25) is 6.41 Å². The average Bonchev–Trinajstić information content (AvgIpc) is 3.47. The Kier molecular flexibility index (Phi) is 9.84. The predicted molar refractivity (Wildman–Crippen MR) is 171 cm³/mol. The molecule has 0 bridgehead atoms. The molecule has 3 aromatic carbocycles. The van der Waals surface area contributed by atoms with Crippen molar-refractivity contribution in [2.45, 2.75) is 26.0 Å². The number of nitrogens with one attached hydrogen (secondary N) is 2. The fourth-order valence-electron chi connectivity index (χ4n) is 5.80. The van der Waals surface area contributed by atoms with Crippen molar-refractivity contribution in [2.24, 2.45) is 7.05 Å². The van der Waals surface area contributed by atoms with Gasteiger partial charge in [-0.3, -0.25) is 9.69 Å². The Morgan fingerprint density at radius 1 is 1.07 bits per heavy atom. The van der Waals surface area contributed by atoms with Crippen LogP contribution in [0.1, 0.15) is 46.0 Å². The van der Waals surface area contributed by atoms with Crippen molar-refractivity contribution in [1.82, 2.24) is 19.8 Å². The van der Waals surface area contributed by atoms with Crippen molar-refractivity contribution in [3.8, 4) is 0 Å². The molecule has 1 unspecified atom stereocenters. The Morgan fingerprint density at radius 3 is 2.51 bits per heavy atom. The molecule has 0 spiro atoms. The smallest absolute Gasteiger partial charge is 0.211 e. The van der Waals surface area contributed by atoms with Crippen LogP contribution in [-0.4, -0.2) is 65.4 Å². The molecule has 1 fully saturated rings. The number of benzene rings is 3. The van der Waals surface area contributed by atoms with E-state index in [1.165, 1.54) is 0 Å². The number of amides is 1. The molecule has 4 aromatic rings. The third-order valence-corrected chi connectivity index (χ3v) is 8.16. The Bertz CT molecular complexity index is 1560. The number of aromatic nitrogens is 2. The van der Waals surface area contributed by atoms with E-state index in [1.807, 2.05) is 61.0 Å². The summed E-state index contributed by atoms with van der Waals surface area (Å²) in [6.07, 6.45) is 6.12. The van der Waals surface area contributed by atoms with Crippen LogP contribution in [0, 0.1) is 6.92 Å². The molecule has 0 aliphatic carbocycles. The predicted octanol–water partition coefficient (Wildman–Crippen LogP) is 4.45. The van der Waals surface area contributed by atoms with Gasteiger partial charge in [0.05, 0.1) is 31.4 Å². The van der Waals surface area contributed by atoms with Gasteiger partial charge in [0.1, 0.15) is 0 Å². The number of allylic oxidation sites excluding steroid dienone is 1. The molecule has 3 N–H and O–H groups in total. The highest BCUT2D eigenvalue weighted by molar-refractivity contribution is 5.90. The molecule has 8 nitrogen and oxygen atoms in total. The summed E-state index contributed by atoms with van der Waals surface area (Å²) in [4.78, 5) is 18.3. The van der Waals surface area contributed by atoms with E-state index in [4.69, 9.17) is 4.74 Å². The van der Waals surface area contributed by atoms with Gasteiger partial charge in [-0.2, -0.15) is 0 Å². The highest BCUT2D eigenvalue weighted by Gasteiger charge is 2.37. The zero-order valence-electron chi connectivity index (χ0n) is 25.2. The highest BCUT2D eigenvalue weighted by Crippen LogP contribution is 2.40. The van der Waals surface area contributed by atoms with Crippen LogP contribution in [0.15, 0.2) is 85.3 Å². The minimum Gasteiger partial charge on any atom is -0.379 e. The van der Waals surface area contributed by atoms with Crippen molar-refractivity contribution in [2.75, 3.05) is 44.7 Å². The summed E-state index contributed by atoms with van der Waals surface area (Å²) in [7, 11) is 1.88. The normalized spacial score (nSPS) is 15.7. The van der Waals surface area contributed by atoms with E-state index in [2.05, 4.69) is 57.8 Å². The number of aliphatic hydroxyl groups is 1. The first-order chi connectivity index (χ1) is 20.9. The van der Waals surface area contributed by atoms with E-state index in [-0.39, 0.29) is 0 Å². The fraction of sp³-hybridized carbons (Fsp3) is 0.314. The van der Waals surface area contributed by atoms with Crippen LogP contribution in [0.2, 0.25) is 0 Å². The number of rotatable bonds is 12. The molecular weight excluding hydrogens is 538 g/mol. The number of morpholine rings is 1.